The first kappa shape index (κ1) is 21.9. The number of hydrogen-bond donors (Lipinski definition) is 4. The minimum atomic E-state index is -1.57. The Balaban J connectivity index is 1.78. The number of hydrogen-bond acceptors (Lipinski definition) is 6. The van der Waals surface area contributed by atoms with Gasteiger partial charge in [-0.25, -0.2) is 9.59 Å². The van der Waals surface area contributed by atoms with E-state index >= 15 is 0 Å². The molecular weight excluding hydrogens is 428 g/mol. The van der Waals surface area contributed by atoms with Crippen LogP contribution in [0.3, 0.4) is 0 Å². The number of nitrogen functional groups attached to an aromatic ring is 1. The number of H-pyrrole nitrogens is 1. The predicted octanol–water partition coefficient (Wildman–Crippen LogP) is 3.10. The maximum atomic E-state index is 12.3. The summed E-state index contributed by atoms with van der Waals surface area (Å²) in [5.74, 6) is -2.32. The summed E-state index contributed by atoms with van der Waals surface area (Å²) in [5.41, 5.74) is 6.55. The minimum Gasteiger partial charge on any atom is -0.496 e. The summed E-state index contributed by atoms with van der Waals surface area (Å²) in [5, 5.41) is 19.3. The van der Waals surface area contributed by atoms with E-state index in [1.807, 2.05) is 18.2 Å². The molecule has 0 saturated carbocycles. The van der Waals surface area contributed by atoms with Gasteiger partial charge >= 0.3 is 11.9 Å². The van der Waals surface area contributed by atoms with Gasteiger partial charge in [0.05, 0.1) is 7.11 Å². The second kappa shape index (κ2) is 8.70. The summed E-state index contributed by atoms with van der Waals surface area (Å²) in [7, 11) is 1.48. The number of methoxy groups -OCH3 is 1. The van der Waals surface area contributed by atoms with E-state index in [1.54, 1.807) is 12.1 Å². The number of aromatic amines is 1. The summed E-state index contributed by atoms with van der Waals surface area (Å²) >= 11 is 0. The van der Waals surface area contributed by atoms with Gasteiger partial charge in [0.1, 0.15) is 35.1 Å². The second-order valence-electron chi connectivity index (χ2n) is 7.70. The van der Waals surface area contributed by atoms with Crippen LogP contribution in [0.1, 0.15) is 43.8 Å². The Bertz CT molecular complexity index is 1330. The van der Waals surface area contributed by atoms with E-state index in [0.29, 0.717) is 17.1 Å². The molecule has 9 nitrogen and oxygen atoms in total. The van der Waals surface area contributed by atoms with Gasteiger partial charge in [0.25, 0.3) is 5.56 Å². The highest BCUT2D eigenvalue weighted by Crippen LogP contribution is 2.33. The average molecular weight is 450 g/mol. The van der Waals surface area contributed by atoms with Gasteiger partial charge in [0.15, 0.2) is 0 Å². The fourth-order valence-electron chi connectivity index (χ4n) is 4.18. The van der Waals surface area contributed by atoms with Crippen molar-refractivity contribution in [1.29, 1.82) is 0 Å². The van der Waals surface area contributed by atoms with E-state index in [1.165, 1.54) is 24.3 Å². The van der Waals surface area contributed by atoms with E-state index in [0.717, 1.165) is 19.3 Å². The monoisotopic (exact) mass is 450 g/mol. The van der Waals surface area contributed by atoms with Crippen LogP contribution < -0.4 is 20.8 Å². The number of carbonyl (C=O) groups is 2. The lowest BCUT2D eigenvalue weighted by molar-refractivity contribution is 0.0695. The number of rotatable bonds is 7. The molecule has 0 unspecified atom stereocenters. The third-order valence-corrected chi connectivity index (χ3v) is 5.71. The number of fused-ring (bicyclic) bond motifs is 1. The number of anilines is 1. The van der Waals surface area contributed by atoms with Crippen molar-refractivity contribution < 1.29 is 29.3 Å². The zero-order valence-corrected chi connectivity index (χ0v) is 17.8. The quantitative estimate of drug-likeness (QED) is 0.428. The molecule has 9 heteroatoms. The van der Waals surface area contributed by atoms with Crippen LogP contribution in [0.15, 0.2) is 41.2 Å². The summed E-state index contributed by atoms with van der Waals surface area (Å²) in [6.45, 7) is 0.0826. The smallest absolute Gasteiger partial charge is 0.342 e. The Morgan fingerprint density at radius 1 is 1.03 bits per heavy atom. The van der Waals surface area contributed by atoms with Gasteiger partial charge in [-0.15, -0.1) is 0 Å². The zero-order valence-electron chi connectivity index (χ0n) is 17.8. The molecule has 0 aliphatic heterocycles. The van der Waals surface area contributed by atoms with Gasteiger partial charge in [-0.2, -0.15) is 0 Å². The fourth-order valence-corrected chi connectivity index (χ4v) is 4.18. The molecule has 0 saturated heterocycles. The van der Waals surface area contributed by atoms with E-state index in [4.69, 9.17) is 15.2 Å². The molecule has 33 heavy (non-hydrogen) atoms. The van der Waals surface area contributed by atoms with E-state index in [2.05, 4.69) is 4.98 Å². The molecule has 1 aliphatic rings. The zero-order chi connectivity index (χ0) is 23.7. The van der Waals surface area contributed by atoms with Crippen LogP contribution in [0, 0.1) is 0 Å². The lowest BCUT2D eigenvalue weighted by Crippen LogP contribution is -2.24. The van der Waals surface area contributed by atoms with Crippen LogP contribution in [0.25, 0.3) is 11.1 Å². The number of nitrogens with two attached hydrogens (primary N) is 1. The molecule has 0 radical (unpaired) electrons. The Morgan fingerprint density at radius 2 is 1.76 bits per heavy atom. The molecule has 5 N–H and O–H groups in total. The van der Waals surface area contributed by atoms with E-state index in [9.17, 15) is 24.6 Å². The Hall–Kier alpha value is -4.27. The number of aromatic carboxylic acids is 2. The van der Waals surface area contributed by atoms with Crippen molar-refractivity contribution in [3.05, 3.63) is 74.6 Å². The first-order chi connectivity index (χ1) is 15.8. The summed E-state index contributed by atoms with van der Waals surface area (Å²) in [4.78, 5) is 38.1. The van der Waals surface area contributed by atoms with Crippen LogP contribution >= 0.6 is 0 Å². The van der Waals surface area contributed by atoms with Gasteiger partial charge in [0, 0.05) is 11.1 Å². The lowest BCUT2D eigenvalue weighted by atomic mass is 9.94. The first-order valence-corrected chi connectivity index (χ1v) is 10.2. The van der Waals surface area contributed by atoms with Crippen molar-refractivity contribution in [3.63, 3.8) is 0 Å². The van der Waals surface area contributed by atoms with Crippen LogP contribution in [0.4, 0.5) is 5.82 Å². The molecule has 170 valence electrons. The molecule has 1 heterocycles. The molecule has 0 atom stereocenters. The van der Waals surface area contributed by atoms with Crippen molar-refractivity contribution >= 4 is 17.8 Å². The average Bonchev–Trinajstić information content (AvgIpc) is 3.24. The number of nitrogens with one attached hydrogen (secondary N) is 1. The van der Waals surface area contributed by atoms with Gasteiger partial charge in [0.2, 0.25) is 0 Å². The standard InChI is InChI=1S/C24H22N2O7/c1-32-17-8-6-14(18-19(23(28)29)21(25)26-22(27)20(18)24(30)31)9-15(17)11-33-16-7-5-12-3-2-4-13(12)10-16/h5-10H,2-4,11H2,1H3,(H,28,29)(H,30,31)(H3,25,26,27). The van der Waals surface area contributed by atoms with Crippen molar-refractivity contribution in [3.8, 4) is 22.6 Å². The molecule has 0 spiro atoms. The van der Waals surface area contributed by atoms with Gasteiger partial charge in [-0.1, -0.05) is 12.1 Å². The first-order valence-electron chi connectivity index (χ1n) is 10.2. The van der Waals surface area contributed by atoms with Crippen molar-refractivity contribution in [2.45, 2.75) is 25.9 Å². The number of carboxylic acids is 2. The highest BCUT2D eigenvalue weighted by atomic mass is 16.5. The van der Waals surface area contributed by atoms with Gasteiger partial charge < -0.3 is 30.4 Å². The molecule has 0 fully saturated rings. The third kappa shape index (κ3) is 4.12. The molecule has 1 aromatic heterocycles. The Labute approximate surface area is 188 Å². The van der Waals surface area contributed by atoms with Crippen LogP contribution in [-0.2, 0) is 19.4 Å². The number of aryl methyl sites for hydroxylation is 2. The van der Waals surface area contributed by atoms with E-state index in [-0.39, 0.29) is 17.7 Å². The molecule has 2 aromatic carbocycles. The Kier molecular flexibility index (Phi) is 5.78. The third-order valence-electron chi connectivity index (χ3n) is 5.71. The van der Waals surface area contributed by atoms with Crippen LogP contribution in [0.2, 0.25) is 0 Å². The van der Waals surface area contributed by atoms with E-state index < -0.39 is 34.4 Å². The van der Waals surface area contributed by atoms with Crippen LogP contribution in [-0.4, -0.2) is 34.2 Å². The highest BCUT2D eigenvalue weighted by Gasteiger charge is 2.27. The second-order valence-corrected chi connectivity index (χ2v) is 7.70. The Morgan fingerprint density at radius 3 is 2.45 bits per heavy atom. The number of benzene rings is 2. The predicted molar refractivity (Wildman–Crippen MR) is 120 cm³/mol. The molecule has 0 amide bonds. The van der Waals surface area contributed by atoms with Gasteiger partial charge in [-0.05, 0) is 60.2 Å². The number of ether oxygens (including phenoxy) is 2. The van der Waals surface area contributed by atoms with Crippen molar-refractivity contribution in [2.75, 3.05) is 12.8 Å². The fraction of sp³-hybridized carbons (Fsp3) is 0.208. The normalized spacial score (nSPS) is 12.3. The topological polar surface area (TPSA) is 152 Å². The molecule has 3 aromatic rings. The number of pyridine rings is 1. The molecular formula is C24H22N2O7. The summed E-state index contributed by atoms with van der Waals surface area (Å²) < 4.78 is 11.3. The lowest BCUT2D eigenvalue weighted by Gasteiger charge is -2.16. The van der Waals surface area contributed by atoms with Crippen molar-refractivity contribution in [1.82, 2.24) is 4.98 Å². The molecule has 4 rings (SSSR count). The number of aromatic nitrogens is 1. The molecule has 1 aliphatic carbocycles. The maximum absolute atomic E-state index is 12.3. The molecule has 0 bridgehead atoms. The summed E-state index contributed by atoms with van der Waals surface area (Å²) in [6, 6.07) is 10.5. The van der Waals surface area contributed by atoms with Gasteiger partial charge in [-0.3, -0.25) is 4.79 Å². The van der Waals surface area contributed by atoms with Crippen LogP contribution in [0.5, 0.6) is 11.5 Å². The minimum absolute atomic E-state index is 0.0826. The summed E-state index contributed by atoms with van der Waals surface area (Å²) in [6.07, 6.45) is 3.18. The highest BCUT2D eigenvalue weighted by molar-refractivity contribution is 6.07. The SMILES string of the molecule is COc1ccc(-c2c(C(=O)O)c(N)[nH]c(=O)c2C(=O)O)cc1COc1ccc2c(c1)CCC2. The largest absolute Gasteiger partial charge is 0.496 e. The number of carboxylic acid groups (broad SMARTS) is 2. The maximum Gasteiger partial charge on any atom is 0.342 e. The van der Waals surface area contributed by atoms with Crippen molar-refractivity contribution in [2.24, 2.45) is 0 Å².